The van der Waals surface area contributed by atoms with Gasteiger partial charge in [-0.3, -0.25) is 14.4 Å². The third-order valence-corrected chi connectivity index (χ3v) is 4.82. The Balaban J connectivity index is 1.91. The van der Waals surface area contributed by atoms with Crippen molar-refractivity contribution in [2.45, 2.75) is 17.5 Å². The molecule has 9 heteroatoms. The molecular formula is C17H15ClN4O3S. The van der Waals surface area contributed by atoms with Crippen LogP contribution in [0.15, 0.2) is 46.9 Å². The molecule has 0 aliphatic carbocycles. The number of anilines is 2. The fourth-order valence-corrected chi connectivity index (χ4v) is 3.27. The monoisotopic (exact) mass is 390 g/mol. The molecule has 1 aromatic carbocycles. The van der Waals surface area contributed by atoms with Gasteiger partial charge in [0.25, 0.3) is 5.56 Å². The highest BCUT2D eigenvalue weighted by atomic mass is 35.5. The highest BCUT2D eigenvalue weighted by molar-refractivity contribution is 7.99. The number of rotatable bonds is 5. The molecule has 134 valence electrons. The van der Waals surface area contributed by atoms with Crippen molar-refractivity contribution in [3.05, 3.63) is 57.9 Å². The summed E-state index contributed by atoms with van der Waals surface area (Å²) in [4.78, 5) is 44.0. The van der Waals surface area contributed by atoms with Gasteiger partial charge in [-0.05, 0) is 24.3 Å². The fourth-order valence-electron chi connectivity index (χ4n) is 2.54. The summed E-state index contributed by atoms with van der Waals surface area (Å²) < 4.78 is 0. The standard InChI is InChI=1S/C17H15ClN4O3S/c1-2-7-26-17-21-14-13(16(25)22-17)11(8-12(23)20-14)15(24)19-10-5-3-9(18)4-6-10/h2-6,11H,1,7-8H2,(H,19,24)(H2,20,21,22,23,25). The van der Waals surface area contributed by atoms with E-state index in [1.165, 1.54) is 11.8 Å². The van der Waals surface area contributed by atoms with Crippen molar-refractivity contribution in [2.24, 2.45) is 0 Å². The van der Waals surface area contributed by atoms with Crippen LogP contribution < -0.4 is 16.2 Å². The SMILES string of the molecule is C=CCSc1nc2c(c(=O)[nH]1)C(C(=O)Nc1ccc(Cl)cc1)CC(=O)N2. The van der Waals surface area contributed by atoms with Gasteiger partial charge in [0.2, 0.25) is 11.8 Å². The molecule has 3 rings (SSSR count). The Bertz CT molecular complexity index is 927. The summed E-state index contributed by atoms with van der Waals surface area (Å²) in [6.07, 6.45) is 1.54. The largest absolute Gasteiger partial charge is 0.326 e. The summed E-state index contributed by atoms with van der Waals surface area (Å²) in [6.45, 7) is 3.61. The number of aromatic amines is 1. The van der Waals surface area contributed by atoms with Gasteiger partial charge in [0.15, 0.2) is 5.16 Å². The van der Waals surface area contributed by atoms with Gasteiger partial charge < -0.3 is 15.6 Å². The molecule has 1 aromatic heterocycles. The number of nitrogens with one attached hydrogen (secondary N) is 3. The lowest BCUT2D eigenvalue weighted by molar-refractivity contribution is -0.123. The molecule has 7 nitrogen and oxygen atoms in total. The van der Waals surface area contributed by atoms with Crippen LogP contribution in [0.5, 0.6) is 0 Å². The molecule has 1 unspecified atom stereocenters. The summed E-state index contributed by atoms with van der Waals surface area (Å²) in [7, 11) is 0. The first-order valence-corrected chi connectivity index (χ1v) is 9.08. The number of carbonyl (C=O) groups is 2. The quantitative estimate of drug-likeness (QED) is 0.413. The molecule has 3 N–H and O–H groups in total. The first-order chi connectivity index (χ1) is 12.5. The number of hydrogen-bond acceptors (Lipinski definition) is 5. The van der Waals surface area contributed by atoms with Crippen molar-refractivity contribution in [3.8, 4) is 0 Å². The molecule has 1 aliphatic heterocycles. The smallest absolute Gasteiger partial charge is 0.257 e. The first kappa shape index (κ1) is 18.2. The van der Waals surface area contributed by atoms with Crippen LogP contribution in [0.2, 0.25) is 5.02 Å². The number of fused-ring (bicyclic) bond motifs is 1. The van der Waals surface area contributed by atoms with Gasteiger partial charge in [0.1, 0.15) is 5.82 Å². The summed E-state index contributed by atoms with van der Waals surface area (Å²) in [6, 6.07) is 6.55. The average Bonchev–Trinajstić information content (AvgIpc) is 2.60. The maximum absolute atomic E-state index is 12.6. The van der Waals surface area contributed by atoms with Crippen molar-refractivity contribution in [1.29, 1.82) is 0 Å². The lowest BCUT2D eigenvalue weighted by Gasteiger charge is -2.23. The van der Waals surface area contributed by atoms with E-state index in [2.05, 4.69) is 27.2 Å². The van der Waals surface area contributed by atoms with Crippen LogP contribution in [0.25, 0.3) is 0 Å². The minimum absolute atomic E-state index is 0.118. The molecule has 2 heterocycles. The second-order valence-electron chi connectivity index (χ2n) is 5.53. The zero-order chi connectivity index (χ0) is 18.7. The van der Waals surface area contributed by atoms with E-state index in [4.69, 9.17) is 11.6 Å². The van der Waals surface area contributed by atoms with Crippen LogP contribution in [0.4, 0.5) is 11.5 Å². The van der Waals surface area contributed by atoms with Crippen LogP contribution in [-0.2, 0) is 9.59 Å². The predicted octanol–water partition coefficient (Wildman–Crippen LogP) is 2.77. The normalized spacial score (nSPS) is 15.7. The van der Waals surface area contributed by atoms with Crippen LogP contribution in [0, 0.1) is 0 Å². The zero-order valence-electron chi connectivity index (χ0n) is 13.5. The number of halogens is 1. The van der Waals surface area contributed by atoms with E-state index in [1.807, 2.05) is 0 Å². The molecule has 0 saturated heterocycles. The Labute approximate surface area is 158 Å². The van der Waals surface area contributed by atoms with Crippen molar-refractivity contribution in [2.75, 3.05) is 16.4 Å². The van der Waals surface area contributed by atoms with Gasteiger partial charge in [-0.15, -0.1) is 6.58 Å². The van der Waals surface area contributed by atoms with Crippen molar-refractivity contribution < 1.29 is 9.59 Å². The number of hydrogen-bond donors (Lipinski definition) is 3. The maximum atomic E-state index is 12.6. The topological polar surface area (TPSA) is 104 Å². The number of thioether (sulfide) groups is 1. The summed E-state index contributed by atoms with van der Waals surface area (Å²) >= 11 is 7.10. The molecule has 26 heavy (non-hydrogen) atoms. The minimum Gasteiger partial charge on any atom is -0.326 e. The van der Waals surface area contributed by atoms with Gasteiger partial charge >= 0.3 is 0 Å². The van der Waals surface area contributed by atoms with Crippen molar-refractivity contribution in [3.63, 3.8) is 0 Å². The zero-order valence-corrected chi connectivity index (χ0v) is 15.1. The van der Waals surface area contributed by atoms with Crippen molar-refractivity contribution in [1.82, 2.24) is 9.97 Å². The van der Waals surface area contributed by atoms with Crippen LogP contribution in [-0.4, -0.2) is 27.5 Å². The number of nitrogens with zero attached hydrogens (tertiary/aromatic N) is 1. The molecule has 1 aliphatic rings. The summed E-state index contributed by atoms with van der Waals surface area (Å²) in [5.74, 6) is -1.08. The van der Waals surface area contributed by atoms with E-state index in [9.17, 15) is 14.4 Å². The molecule has 1 atom stereocenters. The number of benzene rings is 1. The Kier molecular flexibility index (Phi) is 5.43. The Hall–Kier alpha value is -2.58. The van der Waals surface area contributed by atoms with Crippen molar-refractivity contribution >= 4 is 46.7 Å². The minimum atomic E-state index is -0.927. The molecule has 0 radical (unpaired) electrons. The lowest BCUT2D eigenvalue weighted by atomic mass is 9.92. The van der Waals surface area contributed by atoms with Crippen LogP contribution in [0.1, 0.15) is 17.9 Å². The molecule has 0 fully saturated rings. The van der Waals surface area contributed by atoms with Crippen LogP contribution >= 0.6 is 23.4 Å². The maximum Gasteiger partial charge on any atom is 0.257 e. The van der Waals surface area contributed by atoms with Crippen LogP contribution in [0.3, 0.4) is 0 Å². The summed E-state index contributed by atoms with van der Waals surface area (Å²) in [5.41, 5.74) is 0.228. The molecule has 0 bridgehead atoms. The number of H-pyrrole nitrogens is 1. The molecule has 0 spiro atoms. The van der Waals surface area contributed by atoms with Gasteiger partial charge in [0.05, 0.1) is 11.5 Å². The predicted molar refractivity (Wildman–Crippen MR) is 102 cm³/mol. The average molecular weight is 391 g/mol. The Morgan fingerprint density at radius 1 is 1.38 bits per heavy atom. The second kappa shape index (κ2) is 7.76. The third-order valence-electron chi connectivity index (χ3n) is 3.70. The van der Waals surface area contributed by atoms with E-state index in [0.29, 0.717) is 21.6 Å². The Morgan fingerprint density at radius 2 is 2.12 bits per heavy atom. The third kappa shape index (κ3) is 3.97. The number of aromatic nitrogens is 2. The fraction of sp³-hybridized carbons (Fsp3) is 0.176. The highest BCUT2D eigenvalue weighted by Gasteiger charge is 2.34. The van der Waals surface area contributed by atoms with E-state index in [1.54, 1.807) is 30.3 Å². The van der Waals surface area contributed by atoms with E-state index in [0.717, 1.165) is 0 Å². The molecule has 2 aromatic rings. The molecular weight excluding hydrogens is 376 g/mol. The van der Waals surface area contributed by atoms with Gasteiger partial charge in [-0.25, -0.2) is 4.98 Å². The lowest BCUT2D eigenvalue weighted by Crippen LogP contribution is -2.36. The van der Waals surface area contributed by atoms with E-state index >= 15 is 0 Å². The number of amides is 2. The van der Waals surface area contributed by atoms with Gasteiger partial charge in [-0.2, -0.15) is 0 Å². The van der Waals surface area contributed by atoms with E-state index in [-0.39, 0.29) is 23.7 Å². The first-order valence-electron chi connectivity index (χ1n) is 7.72. The van der Waals surface area contributed by atoms with Gasteiger partial charge in [0, 0.05) is 22.9 Å². The van der Waals surface area contributed by atoms with Gasteiger partial charge in [-0.1, -0.05) is 29.4 Å². The highest BCUT2D eigenvalue weighted by Crippen LogP contribution is 2.30. The number of carbonyl (C=O) groups excluding carboxylic acids is 2. The summed E-state index contributed by atoms with van der Waals surface area (Å²) in [5, 5.41) is 6.16. The Morgan fingerprint density at radius 3 is 2.81 bits per heavy atom. The second-order valence-corrected chi connectivity index (χ2v) is 6.98. The molecule has 0 saturated carbocycles. The molecule has 2 amide bonds. The van der Waals surface area contributed by atoms with E-state index < -0.39 is 17.4 Å².